The first-order chi connectivity index (χ1) is 5.11. The van der Waals surface area contributed by atoms with Crippen molar-refractivity contribution in [2.24, 2.45) is 0 Å². The van der Waals surface area contributed by atoms with Gasteiger partial charge in [0.2, 0.25) is 0 Å². The molecule has 0 fully saturated rings. The van der Waals surface area contributed by atoms with E-state index >= 15 is 0 Å². The number of rotatable bonds is 1. The molecule has 0 radical (unpaired) electrons. The molecule has 11 heavy (non-hydrogen) atoms. The third-order valence-corrected chi connectivity index (χ3v) is 1.72. The van der Waals surface area contributed by atoms with Crippen LogP contribution >= 0.6 is 15.9 Å². The maximum absolute atomic E-state index is 10.5. The summed E-state index contributed by atoms with van der Waals surface area (Å²) in [4.78, 5) is 3.87. The fourth-order valence-electron chi connectivity index (χ4n) is 0.724. The first-order valence-corrected chi connectivity index (χ1v) is 3.76. The normalized spacial score (nSPS) is 13.1. The molecule has 0 aliphatic carbocycles. The number of nitrogens with one attached hydrogen (secondary N) is 1. The van der Waals surface area contributed by atoms with Gasteiger partial charge in [-0.15, -0.1) is 0 Å². The Bertz CT molecular complexity index is 265. The van der Waals surface area contributed by atoms with E-state index in [9.17, 15) is 5.21 Å². The largest absolute Gasteiger partial charge is 0.595 e. The lowest BCUT2D eigenvalue weighted by molar-refractivity contribution is -0.991. The summed E-state index contributed by atoms with van der Waals surface area (Å²) in [5, 5.41) is 18.2. The molecule has 1 unspecified atom stereocenters. The van der Waals surface area contributed by atoms with E-state index in [0.717, 1.165) is 0 Å². The van der Waals surface area contributed by atoms with Crippen LogP contribution in [-0.4, -0.2) is 10.2 Å². The smallest absolute Gasteiger partial charge is 0.186 e. The quantitative estimate of drug-likeness (QED) is 0.678. The van der Waals surface area contributed by atoms with Gasteiger partial charge in [0.25, 0.3) is 0 Å². The van der Waals surface area contributed by atoms with Crippen molar-refractivity contribution in [3.8, 4) is 0 Å². The van der Waals surface area contributed by atoms with E-state index in [0.29, 0.717) is 10.2 Å². The van der Waals surface area contributed by atoms with E-state index in [4.69, 9.17) is 5.21 Å². The lowest BCUT2D eigenvalue weighted by Gasteiger charge is -2.12. The minimum Gasteiger partial charge on any atom is -0.595 e. The molecule has 0 spiro atoms. The summed E-state index contributed by atoms with van der Waals surface area (Å²) in [6.45, 7) is 1.66. The molecule has 2 N–H and O–H groups in total. The summed E-state index contributed by atoms with van der Waals surface area (Å²) >= 11 is 3.14. The molecule has 0 aromatic carbocycles. The van der Waals surface area contributed by atoms with Gasteiger partial charge in [0.05, 0.1) is 0 Å². The Kier molecular flexibility index (Phi) is 2.56. The average Bonchev–Trinajstić information content (AvgIpc) is 1.94. The van der Waals surface area contributed by atoms with Gasteiger partial charge >= 0.3 is 0 Å². The van der Waals surface area contributed by atoms with Gasteiger partial charge in [0, 0.05) is 16.7 Å². The van der Waals surface area contributed by atoms with Crippen LogP contribution in [0.3, 0.4) is 0 Å². The first-order valence-electron chi connectivity index (χ1n) is 2.96. The van der Waals surface area contributed by atoms with E-state index in [1.807, 2.05) is 0 Å². The number of hydrogen-bond acceptors (Lipinski definition) is 3. The van der Waals surface area contributed by atoms with Crippen LogP contribution in [0.2, 0.25) is 0 Å². The molecule has 0 aliphatic heterocycles. The Labute approximate surface area is 72.1 Å². The third kappa shape index (κ3) is 1.97. The van der Waals surface area contributed by atoms with Crippen molar-refractivity contribution in [3.63, 3.8) is 0 Å². The SMILES string of the molecule is Cc1ncc(Br)cc1[NH+]([O-])O. The van der Waals surface area contributed by atoms with Crippen molar-refractivity contribution in [1.29, 1.82) is 0 Å². The second kappa shape index (κ2) is 3.27. The Morgan fingerprint density at radius 2 is 2.36 bits per heavy atom. The zero-order valence-corrected chi connectivity index (χ0v) is 7.42. The van der Waals surface area contributed by atoms with E-state index in [-0.39, 0.29) is 5.69 Å². The van der Waals surface area contributed by atoms with Gasteiger partial charge in [0.15, 0.2) is 5.69 Å². The van der Waals surface area contributed by atoms with Crippen LogP contribution in [0.4, 0.5) is 5.69 Å². The molecule has 0 aliphatic rings. The molecule has 0 saturated carbocycles. The van der Waals surface area contributed by atoms with Gasteiger partial charge < -0.3 is 5.21 Å². The first kappa shape index (κ1) is 8.61. The van der Waals surface area contributed by atoms with Crippen LogP contribution in [0.1, 0.15) is 5.69 Å². The van der Waals surface area contributed by atoms with Crippen molar-refractivity contribution in [3.05, 3.63) is 27.6 Å². The number of aromatic nitrogens is 1. The van der Waals surface area contributed by atoms with Crippen LogP contribution in [0.15, 0.2) is 16.7 Å². The van der Waals surface area contributed by atoms with Crippen LogP contribution < -0.4 is 5.23 Å². The predicted molar refractivity (Wildman–Crippen MR) is 42.5 cm³/mol. The highest BCUT2D eigenvalue weighted by Gasteiger charge is 2.05. The number of pyridine rings is 1. The summed E-state index contributed by atoms with van der Waals surface area (Å²) in [5.74, 6) is 0. The van der Waals surface area contributed by atoms with Gasteiger partial charge in [-0.1, -0.05) is 0 Å². The highest BCUT2D eigenvalue weighted by atomic mass is 79.9. The topological polar surface area (TPSA) is 60.6 Å². The Morgan fingerprint density at radius 3 is 2.82 bits per heavy atom. The monoisotopic (exact) mass is 218 g/mol. The zero-order valence-electron chi connectivity index (χ0n) is 5.84. The fraction of sp³-hybridized carbons (Fsp3) is 0.167. The molecule has 1 atom stereocenters. The molecular weight excluding hydrogens is 212 g/mol. The molecule has 1 aromatic heterocycles. The van der Waals surface area contributed by atoms with Crippen molar-refractivity contribution in [1.82, 2.24) is 4.98 Å². The van der Waals surface area contributed by atoms with Crippen LogP contribution in [0.25, 0.3) is 0 Å². The van der Waals surface area contributed by atoms with E-state index in [1.165, 1.54) is 6.07 Å². The highest BCUT2D eigenvalue weighted by molar-refractivity contribution is 9.10. The van der Waals surface area contributed by atoms with Crippen molar-refractivity contribution in [2.45, 2.75) is 6.92 Å². The second-order valence-corrected chi connectivity index (χ2v) is 3.01. The average molecular weight is 219 g/mol. The molecule has 4 nitrogen and oxygen atoms in total. The minimum absolute atomic E-state index is 0.236. The molecular formula is C6H7BrN2O2. The van der Waals surface area contributed by atoms with Crippen LogP contribution in [0, 0.1) is 12.1 Å². The summed E-state index contributed by atoms with van der Waals surface area (Å²) in [7, 11) is 0. The van der Waals surface area contributed by atoms with Gasteiger partial charge in [-0.25, -0.2) is 5.21 Å². The number of hydrogen-bond donors (Lipinski definition) is 2. The van der Waals surface area contributed by atoms with Gasteiger partial charge in [-0.3, -0.25) is 4.98 Å². The highest BCUT2D eigenvalue weighted by Crippen LogP contribution is 2.13. The Balaban J connectivity index is 3.13. The number of aryl methyl sites for hydroxylation is 1. The van der Waals surface area contributed by atoms with Gasteiger partial charge in [-0.05, 0) is 22.9 Å². The lowest BCUT2D eigenvalue weighted by atomic mass is 10.3. The minimum atomic E-state index is -0.948. The zero-order chi connectivity index (χ0) is 8.43. The molecule has 5 heteroatoms. The standard InChI is InChI=1S/C6H7BrN2O2/c1-4-6(9(10)11)2-5(7)3-8-4/h2-3,9-10H,1H3. The summed E-state index contributed by atoms with van der Waals surface area (Å²) in [6.07, 6.45) is 1.57. The van der Waals surface area contributed by atoms with Crippen LogP contribution in [-0.2, 0) is 0 Å². The molecule has 60 valence electrons. The van der Waals surface area contributed by atoms with Gasteiger partial charge in [0.1, 0.15) is 5.69 Å². The molecule has 0 bridgehead atoms. The van der Waals surface area contributed by atoms with E-state index in [1.54, 1.807) is 13.1 Å². The van der Waals surface area contributed by atoms with Crippen molar-refractivity contribution >= 4 is 21.6 Å². The van der Waals surface area contributed by atoms with Crippen molar-refractivity contribution < 1.29 is 10.4 Å². The summed E-state index contributed by atoms with van der Waals surface area (Å²) in [6, 6.07) is 1.53. The van der Waals surface area contributed by atoms with Crippen LogP contribution in [0.5, 0.6) is 0 Å². The number of quaternary nitrogens is 1. The maximum Gasteiger partial charge on any atom is 0.186 e. The summed E-state index contributed by atoms with van der Waals surface area (Å²) in [5.41, 5.74) is 0.764. The Hall–Kier alpha value is -0.490. The molecule has 0 amide bonds. The molecule has 0 saturated heterocycles. The lowest BCUT2D eigenvalue weighted by Crippen LogP contribution is -2.99. The maximum atomic E-state index is 10.5. The van der Waals surface area contributed by atoms with E-state index < -0.39 is 5.23 Å². The van der Waals surface area contributed by atoms with Crippen molar-refractivity contribution in [2.75, 3.05) is 0 Å². The molecule has 1 aromatic rings. The number of nitrogens with zero attached hydrogens (tertiary/aromatic N) is 1. The second-order valence-electron chi connectivity index (χ2n) is 2.09. The summed E-state index contributed by atoms with van der Waals surface area (Å²) < 4.78 is 0.681. The van der Waals surface area contributed by atoms with Gasteiger partial charge in [-0.2, -0.15) is 5.23 Å². The predicted octanol–water partition coefficient (Wildman–Crippen LogP) is 0.556. The Morgan fingerprint density at radius 1 is 1.73 bits per heavy atom. The molecule has 1 heterocycles. The molecule has 1 rings (SSSR count). The third-order valence-electron chi connectivity index (χ3n) is 1.28. The number of halogens is 1. The van der Waals surface area contributed by atoms with E-state index in [2.05, 4.69) is 20.9 Å². The fourth-order valence-corrected chi connectivity index (χ4v) is 1.06.